The third-order valence-corrected chi connectivity index (χ3v) is 2.96. The second-order valence-corrected chi connectivity index (χ2v) is 4.31. The summed E-state index contributed by atoms with van der Waals surface area (Å²) in [7, 11) is 0. The van der Waals surface area contributed by atoms with E-state index in [9.17, 15) is 13.6 Å². The topological polar surface area (TPSA) is 37.8 Å². The molecule has 1 N–H and O–H groups in total. The third-order valence-electron chi connectivity index (χ3n) is 2.96. The van der Waals surface area contributed by atoms with Gasteiger partial charge in [0.25, 0.3) is 5.56 Å². The number of aromatic amines is 1. The number of nitrogens with zero attached hydrogens (tertiary/aromatic N) is 1. The first-order chi connectivity index (χ1) is 9.65. The van der Waals surface area contributed by atoms with Gasteiger partial charge in [0.2, 0.25) is 0 Å². The molecule has 0 aliphatic rings. The van der Waals surface area contributed by atoms with Gasteiger partial charge in [-0.15, -0.1) is 0 Å². The van der Waals surface area contributed by atoms with Crippen LogP contribution < -0.4 is 5.56 Å². The highest BCUT2D eigenvalue weighted by atomic mass is 19.1. The number of rotatable bonds is 2. The summed E-state index contributed by atoms with van der Waals surface area (Å²) in [5, 5.41) is 2.82. The largest absolute Gasteiger partial charge is 0.290 e. The number of hydrogen-bond acceptors (Lipinski definition) is 1. The van der Waals surface area contributed by atoms with E-state index in [4.69, 9.17) is 0 Å². The second kappa shape index (κ2) is 4.77. The van der Waals surface area contributed by atoms with Crippen LogP contribution in [0.5, 0.6) is 0 Å². The lowest BCUT2D eigenvalue weighted by molar-refractivity contribution is 0.572. The zero-order valence-corrected chi connectivity index (χ0v) is 10.3. The predicted molar refractivity (Wildman–Crippen MR) is 71.7 cm³/mol. The molecule has 0 aliphatic carbocycles. The molecule has 20 heavy (non-hydrogen) atoms. The van der Waals surface area contributed by atoms with Crippen LogP contribution in [0.1, 0.15) is 0 Å². The average Bonchev–Trinajstić information content (AvgIpc) is 2.82. The average molecular weight is 272 g/mol. The summed E-state index contributed by atoms with van der Waals surface area (Å²) in [5.74, 6) is -1.48. The minimum atomic E-state index is -0.798. The van der Waals surface area contributed by atoms with Crippen molar-refractivity contribution in [2.75, 3.05) is 0 Å². The van der Waals surface area contributed by atoms with E-state index in [0.29, 0.717) is 5.69 Å². The van der Waals surface area contributed by atoms with Gasteiger partial charge in [0.15, 0.2) is 5.82 Å². The van der Waals surface area contributed by atoms with Crippen LogP contribution in [0.4, 0.5) is 8.78 Å². The van der Waals surface area contributed by atoms with Gasteiger partial charge in [-0.2, -0.15) is 0 Å². The molecule has 0 radical (unpaired) electrons. The Hall–Kier alpha value is -2.69. The highest BCUT2D eigenvalue weighted by Gasteiger charge is 2.11. The zero-order chi connectivity index (χ0) is 14.1. The molecule has 1 heterocycles. The van der Waals surface area contributed by atoms with Crippen LogP contribution >= 0.6 is 0 Å². The standard InChI is InChI=1S/C15H10F2N2O/c16-11-6-7-14(12(17)8-11)19-15(20)9-13(18-19)10-4-2-1-3-5-10/h1-9,18H. The van der Waals surface area contributed by atoms with Crippen molar-refractivity contribution >= 4 is 0 Å². The molecule has 0 amide bonds. The maximum absolute atomic E-state index is 13.7. The Labute approximate surface area is 113 Å². The smallest absolute Gasteiger partial charge is 0.271 e. The maximum Gasteiger partial charge on any atom is 0.271 e. The summed E-state index contributed by atoms with van der Waals surface area (Å²) in [6, 6.07) is 13.6. The van der Waals surface area contributed by atoms with E-state index in [-0.39, 0.29) is 5.69 Å². The van der Waals surface area contributed by atoms with Gasteiger partial charge in [-0.05, 0) is 17.7 Å². The van der Waals surface area contributed by atoms with Gasteiger partial charge in [-0.1, -0.05) is 30.3 Å². The molecule has 0 fully saturated rings. The fourth-order valence-corrected chi connectivity index (χ4v) is 2.00. The molecular formula is C15H10F2N2O. The Morgan fingerprint density at radius 1 is 0.950 bits per heavy atom. The summed E-state index contributed by atoms with van der Waals surface area (Å²) >= 11 is 0. The first kappa shape index (κ1) is 12.3. The van der Waals surface area contributed by atoms with E-state index in [2.05, 4.69) is 5.10 Å². The van der Waals surface area contributed by atoms with Crippen molar-refractivity contribution in [2.24, 2.45) is 0 Å². The molecule has 0 aliphatic heterocycles. The minimum absolute atomic E-state index is 0.0152. The summed E-state index contributed by atoms with van der Waals surface area (Å²) < 4.78 is 27.7. The van der Waals surface area contributed by atoms with Crippen molar-refractivity contribution in [3.8, 4) is 16.9 Å². The Morgan fingerprint density at radius 3 is 2.40 bits per heavy atom. The van der Waals surface area contributed by atoms with Crippen molar-refractivity contribution in [3.05, 3.63) is 76.6 Å². The fourth-order valence-electron chi connectivity index (χ4n) is 2.00. The second-order valence-electron chi connectivity index (χ2n) is 4.31. The molecule has 5 heteroatoms. The molecule has 0 saturated heterocycles. The Kier molecular flexibility index (Phi) is 2.95. The van der Waals surface area contributed by atoms with Gasteiger partial charge in [0.1, 0.15) is 11.5 Å². The van der Waals surface area contributed by atoms with E-state index < -0.39 is 17.2 Å². The van der Waals surface area contributed by atoms with Gasteiger partial charge < -0.3 is 0 Å². The summed E-state index contributed by atoms with van der Waals surface area (Å²) in [5.41, 5.74) is 0.957. The van der Waals surface area contributed by atoms with E-state index >= 15 is 0 Å². The summed E-state index contributed by atoms with van der Waals surface area (Å²) in [4.78, 5) is 11.9. The van der Waals surface area contributed by atoms with Gasteiger partial charge in [-0.3, -0.25) is 9.89 Å². The molecule has 0 bridgehead atoms. The Morgan fingerprint density at radius 2 is 1.70 bits per heavy atom. The molecule has 100 valence electrons. The number of aromatic nitrogens is 2. The van der Waals surface area contributed by atoms with Crippen molar-refractivity contribution in [1.82, 2.24) is 9.78 Å². The molecule has 0 saturated carbocycles. The highest BCUT2D eigenvalue weighted by Crippen LogP contribution is 2.17. The minimum Gasteiger partial charge on any atom is -0.290 e. The molecule has 0 atom stereocenters. The van der Waals surface area contributed by atoms with Gasteiger partial charge in [0.05, 0.1) is 5.69 Å². The molecule has 3 aromatic rings. The van der Waals surface area contributed by atoms with Crippen LogP contribution in [0, 0.1) is 11.6 Å². The lowest BCUT2D eigenvalue weighted by atomic mass is 10.2. The molecule has 0 unspecified atom stereocenters. The number of nitrogens with one attached hydrogen (secondary N) is 1. The molecular weight excluding hydrogens is 262 g/mol. The number of H-pyrrole nitrogens is 1. The van der Waals surface area contributed by atoms with Crippen LogP contribution in [-0.2, 0) is 0 Å². The zero-order valence-electron chi connectivity index (χ0n) is 10.3. The number of hydrogen-bond donors (Lipinski definition) is 1. The van der Waals surface area contributed by atoms with E-state index in [1.807, 2.05) is 30.3 Å². The first-order valence-electron chi connectivity index (χ1n) is 5.98. The molecule has 1 aromatic heterocycles. The van der Waals surface area contributed by atoms with Crippen LogP contribution in [0.3, 0.4) is 0 Å². The molecule has 2 aromatic carbocycles. The van der Waals surface area contributed by atoms with Crippen molar-refractivity contribution < 1.29 is 8.78 Å². The van der Waals surface area contributed by atoms with Gasteiger partial charge in [0, 0.05) is 12.1 Å². The van der Waals surface area contributed by atoms with E-state index in [0.717, 1.165) is 22.4 Å². The first-order valence-corrected chi connectivity index (χ1v) is 5.98. The molecule has 3 nitrogen and oxygen atoms in total. The lowest BCUT2D eigenvalue weighted by Gasteiger charge is -2.04. The predicted octanol–water partition coefficient (Wildman–Crippen LogP) is 3.11. The third kappa shape index (κ3) is 2.14. The summed E-state index contributed by atoms with van der Waals surface area (Å²) in [6.45, 7) is 0. The van der Waals surface area contributed by atoms with Crippen LogP contribution in [-0.4, -0.2) is 9.78 Å². The normalized spacial score (nSPS) is 10.7. The fraction of sp³-hybridized carbons (Fsp3) is 0. The van der Waals surface area contributed by atoms with E-state index in [1.54, 1.807) is 0 Å². The van der Waals surface area contributed by atoms with Crippen LogP contribution in [0.25, 0.3) is 16.9 Å². The van der Waals surface area contributed by atoms with Gasteiger partial charge >= 0.3 is 0 Å². The Balaban J connectivity index is 2.12. The number of benzene rings is 2. The van der Waals surface area contributed by atoms with Crippen molar-refractivity contribution in [3.63, 3.8) is 0 Å². The van der Waals surface area contributed by atoms with Gasteiger partial charge in [-0.25, -0.2) is 13.5 Å². The van der Waals surface area contributed by atoms with Crippen LogP contribution in [0.2, 0.25) is 0 Å². The Bertz CT molecular complexity index is 806. The number of halogens is 2. The lowest BCUT2D eigenvalue weighted by Crippen LogP contribution is -2.15. The highest BCUT2D eigenvalue weighted by molar-refractivity contribution is 5.58. The van der Waals surface area contributed by atoms with E-state index in [1.165, 1.54) is 12.1 Å². The monoisotopic (exact) mass is 272 g/mol. The summed E-state index contributed by atoms with van der Waals surface area (Å²) in [6.07, 6.45) is 0. The quantitative estimate of drug-likeness (QED) is 0.764. The van der Waals surface area contributed by atoms with Crippen molar-refractivity contribution in [2.45, 2.75) is 0 Å². The molecule has 0 spiro atoms. The SMILES string of the molecule is O=c1cc(-c2ccccc2)[nH]n1-c1ccc(F)cc1F. The molecule has 3 rings (SSSR count). The van der Waals surface area contributed by atoms with Crippen LogP contribution in [0.15, 0.2) is 59.4 Å². The maximum atomic E-state index is 13.7. The van der Waals surface area contributed by atoms with Crippen molar-refractivity contribution in [1.29, 1.82) is 0 Å².